The predicted octanol–water partition coefficient (Wildman–Crippen LogP) is 2.01. The number of aromatic nitrogens is 1. The highest BCUT2D eigenvalue weighted by Crippen LogP contribution is 2.24. The summed E-state index contributed by atoms with van der Waals surface area (Å²) in [4.78, 5) is 14.7. The highest BCUT2D eigenvalue weighted by Gasteiger charge is 2.19. The zero-order chi connectivity index (χ0) is 13.1. The van der Waals surface area contributed by atoms with Gasteiger partial charge in [-0.25, -0.2) is 9.78 Å². The van der Waals surface area contributed by atoms with E-state index in [4.69, 9.17) is 21.8 Å². The number of hydrogen-bond donors (Lipinski definition) is 3. The Bertz CT molecular complexity index is 421. The van der Waals surface area contributed by atoms with Gasteiger partial charge in [0.05, 0.1) is 10.6 Å². The van der Waals surface area contributed by atoms with Crippen LogP contribution in [0.2, 0.25) is 5.02 Å². The molecule has 0 aliphatic heterocycles. The molecule has 1 rings (SSSR count). The maximum Gasteiger partial charge on any atom is 0.337 e. The fraction of sp³-hybridized carbons (Fsp3) is 0.455. The van der Waals surface area contributed by atoms with Crippen molar-refractivity contribution in [3.05, 3.63) is 22.8 Å². The molecule has 0 aromatic carbocycles. The summed E-state index contributed by atoms with van der Waals surface area (Å²) >= 11 is 5.93. The average Bonchev–Trinajstić information content (AvgIpc) is 2.20. The molecule has 0 unspecified atom stereocenters. The van der Waals surface area contributed by atoms with Crippen molar-refractivity contribution in [3.63, 3.8) is 0 Å². The van der Waals surface area contributed by atoms with Crippen LogP contribution in [0.1, 0.15) is 30.6 Å². The number of carboxylic acids is 1. The van der Waals surface area contributed by atoms with E-state index in [-0.39, 0.29) is 22.7 Å². The van der Waals surface area contributed by atoms with Gasteiger partial charge >= 0.3 is 5.97 Å². The van der Waals surface area contributed by atoms with Gasteiger partial charge < -0.3 is 15.5 Å². The third-order valence-electron chi connectivity index (χ3n) is 2.28. The Morgan fingerprint density at radius 3 is 2.71 bits per heavy atom. The number of carbonyl (C=O) groups is 1. The standard InChI is InChI=1S/C11H15ClN2O3/c1-11(2,3-4-15)14-9-8(12)5-7(6-13-9)10(16)17/h5-6,15H,3-4H2,1-2H3,(H,13,14)(H,16,17). The number of aromatic carboxylic acids is 1. The monoisotopic (exact) mass is 258 g/mol. The second-order valence-electron chi connectivity index (χ2n) is 4.34. The molecule has 1 aromatic rings. The van der Waals surface area contributed by atoms with Gasteiger partial charge in [0.15, 0.2) is 0 Å². The van der Waals surface area contributed by atoms with Crippen molar-refractivity contribution in [3.8, 4) is 0 Å². The minimum atomic E-state index is -1.07. The number of halogens is 1. The van der Waals surface area contributed by atoms with Crippen molar-refractivity contribution in [1.82, 2.24) is 4.98 Å². The molecule has 0 fully saturated rings. The van der Waals surface area contributed by atoms with E-state index in [1.165, 1.54) is 12.3 Å². The molecule has 0 radical (unpaired) electrons. The van der Waals surface area contributed by atoms with E-state index in [1.54, 1.807) is 0 Å². The first-order chi connectivity index (χ1) is 7.85. The number of aliphatic hydroxyl groups excluding tert-OH is 1. The van der Waals surface area contributed by atoms with Crippen LogP contribution in [-0.2, 0) is 0 Å². The Kier molecular flexibility index (Phi) is 4.31. The van der Waals surface area contributed by atoms with Crippen LogP contribution >= 0.6 is 11.6 Å². The van der Waals surface area contributed by atoms with Gasteiger partial charge in [-0.2, -0.15) is 0 Å². The lowest BCUT2D eigenvalue weighted by Gasteiger charge is -2.26. The fourth-order valence-electron chi connectivity index (χ4n) is 1.31. The van der Waals surface area contributed by atoms with Crippen LogP contribution in [0.4, 0.5) is 5.82 Å². The van der Waals surface area contributed by atoms with Gasteiger partial charge in [-0.15, -0.1) is 0 Å². The Morgan fingerprint density at radius 2 is 2.24 bits per heavy atom. The van der Waals surface area contributed by atoms with Crippen molar-refractivity contribution >= 4 is 23.4 Å². The van der Waals surface area contributed by atoms with Gasteiger partial charge in [-0.1, -0.05) is 11.6 Å². The number of nitrogens with zero attached hydrogens (tertiary/aromatic N) is 1. The summed E-state index contributed by atoms with van der Waals surface area (Å²) in [6, 6.07) is 1.34. The van der Waals surface area contributed by atoms with Crippen LogP contribution in [0.3, 0.4) is 0 Å². The van der Waals surface area contributed by atoms with E-state index in [0.717, 1.165) is 0 Å². The molecule has 6 heteroatoms. The van der Waals surface area contributed by atoms with Gasteiger partial charge in [0, 0.05) is 18.3 Å². The summed E-state index contributed by atoms with van der Waals surface area (Å²) in [5.41, 5.74) is -0.323. The smallest absolute Gasteiger partial charge is 0.337 e. The molecule has 94 valence electrons. The van der Waals surface area contributed by atoms with Crippen molar-refractivity contribution in [1.29, 1.82) is 0 Å². The lowest BCUT2D eigenvalue weighted by molar-refractivity contribution is 0.0696. The minimum absolute atomic E-state index is 0.0421. The quantitative estimate of drug-likeness (QED) is 0.753. The SMILES string of the molecule is CC(C)(CCO)Nc1ncc(C(=O)O)cc1Cl. The Morgan fingerprint density at radius 1 is 1.59 bits per heavy atom. The van der Waals surface area contributed by atoms with Gasteiger partial charge in [-0.3, -0.25) is 0 Å². The fourth-order valence-corrected chi connectivity index (χ4v) is 1.52. The molecule has 0 saturated heterocycles. The molecule has 1 heterocycles. The van der Waals surface area contributed by atoms with Crippen molar-refractivity contribution in [2.75, 3.05) is 11.9 Å². The zero-order valence-corrected chi connectivity index (χ0v) is 10.5. The van der Waals surface area contributed by atoms with Gasteiger partial charge in [0.1, 0.15) is 5.82 Å². The van der Waals surface area contributed by atoms with Crippen LogP contribution in [0.25, 0.3) is 0 Å². The summed E-state index contributed by atoms with van der Waals surface area (Å²) in [6.07, 6.45) is 1.78. The van der Waals surface area contributed by atoms with Crippen LogP contribution in [0.5, 0.6) is 0 Å². The zero-order valence-electron chi connectivity index (χ0n) is 9.70. The first-order valence-corrected chi connectivity index (χ1v) is 5.51. The molecular weight excluding hydrogens is 244 g/mol. The second kappa shape index (κ2) is 5.33. The van der Waals surface area contributed by atoms with Crippen molar-refractivity contribution < 1.29 is 15.0 Å². The highest BCUT2D eigenvalue weighted by molar-refractivity contribution is 6.33. The van der Waals surface area contributed by atoms with Crippen LogP contribution in [0, 0.1) is 0 Å². The molecule has 0 atom stereocenters. The molecule has 17 heavy (non-hydrogen) atoms. The highest BCUT2D eigenvalue weighted by atomic mass is 35.5. The van der Waals surface area contributed by atoms with Crippen LogP contribution < -0.4 is 5.32 Å². The number of hydrogen-bond acceptors (Lipinski definition) is 4. The van der Waals surface area contributed by atoms with Gasteiger partial charge in [0.2, 0.25) is 0 Å². The second-order valence-corrected chi connectivity index (χ2v) is 4.75. The molecule has 0 aliphatic rings. The number of rotatable bonds is 5. The Labute approximate surface area is 104 Å². The van der Waals surface area contributed by atoms with E-state index >= 15 is 0 Å². The average molecular weight is 259 g/mol. The summed E-state index contributed by atoms with van der Waals surface area (Å²) in [6.45, 7) is 3.84. The third-order valence-corrected chi connectivity index (χ3v) is 2.57. The van der Waals surface area contributed by atoms with Gasteiger partial charge in [0.25, 0.3) is 0 Å². The van der Waals surface area contributed by atoms with Crippen LogP contribution in [0.15, 0.2) is 12.3 Å². The molecule has 5 nitrogen and oxygen atoms in total. The maximum atomic E-state index is 10.7. The van der Waals surface area contributed by atoms with Crippen molar-refractivity contribution in [2.45, 2.75) is 25.8 Å². The van der Waals surface area contributed by atoms with E-state index in [1.807, 2.05) is 13.8 Å². The number of aliphatic hydroxyl groups is 1. The molecule has 0 bridgehead atoms. The summed E-state index contributed by atoms with van der Waals surface area (Å²) in [7, 11) is 0. The summed E-state index contributed by atoms with van der Waals surface area (Å²) in [5.74, 6) is -0.657. The van der Waals surface area contributed by atoms with E-state index in [2.05, 4.69) is 10.3 Å². The largest absolute Gasteiger partial charge is 0.478 e. The topological polar surface area (TPSA) is 82.5 Å². The van der Waals surface area contributed by atoms with Crippen LogP contribution in [-0.4, -0.2) is 33.3 Å². The lowest BCUT2D eigenvalue weighted by atomic mass is 10.0. The lowest BCUT2D eigenvalue weighted by Crippen LogP contribution is -2.32. The van der Waals surface area contributed by atoms with E-state index < -0.39 is 5.97 Å². The van der Waals surface area contributed by atoms with Gasteiger partial charge in [-0.05, 0) is 26.3 Å². The minimum Gasteiger partial charge on any atom is -0.478 e. The number of nitrogens with one attached hydrogen (secondary N) is 1. The Balaban J connectivity index is 2.90. The molecule has 1 aromatic heterocycles. The first-order valence-electron chi connectivity index (χ1n) is 5.13. The molecule has 0 aliphatic carbocycles. The third kappa shape index (κ3) is 3.87. The van der Waals surface area contributed by atoms with Crippen molar-refractivity contribution in [2.24, 2.45) is 0 Å². The molecule has 0 amide bonds. The molecule has 0 spiro atoms. The number of carboxylic acid groups (broad SMARTS) is 1. The summed E-state index contributed by atoms with van der Waals surface area (Å²) < 4.78 is 0. The normalized spacial score (nSPS) is 11.3. The van der Waals surface area contributed by atoms with E-state index in [9.17, 15) is 4.79 Å². The number of pyridine rings is 1. The number of anilines is 1. The summed E-state index contributed by atoms with van der Waals surface area (Å²) in [5, 5.41) is 21.0. The first kappa shape index (κ1) is 13.7. The molecule has 3 N–H and O–H groups in total. The Hall–Kier alpha value is -1.33. The van der Waals surface area contributed by atoms with E-state index in [0.29, 0.717) is 12.2 Å². The molecule has 0 saturated carbocycles. The maximum absolute atomic E-state index is 10.7. The predicted molar refractivity (Wildman–Crippen MR) is 65.6 cm³/mol. The molecular formula is C11H15ClN2O3.